The first-order chi connectivity index (χ1) is 8.93. The van der Waals surface area contributed by atoms with Crippen LogP contribution in [-0.2, 0) is 22.1 Å². The summed E-state index contributed by atoms with van der Waals surface area (Å²) in [5.74, 6) is 0.636. The van der Waals surface area contributed by atoms with E-state index in [9.17, 15) is 9.00 Å². The van der Waals surface area contributed by atoms with Gasteiger partial charge in [-0.3, -0.25) is 13.9 Å². The highest BCUT2D eigenvalue weighted by atomic mass is 32.2. The number of hydrogen-bond donors (Lipinski definition) is 1. The Morgan fingerprint density at radius 2 is 2.32 bits per heavy atom. The van der Waals surface area contributed by atoms with Crippen molar-refractivity contribution in [1.29, 1.82) is 0 Å². The second-order valence-electron chi connectivity index (χ2n) is 4.41. The number of amides is 1. The largest absolute Gasteiger partial charge is 0.308 e. The van der Waals surface area contributed by atoms with Crippen molar-refractivity contribution >= 4 is 33.2 Å². The van der Waals surface area contributed by atoms with Crippen LogP contribution in [0.2, 0.25) is 0 Å². The molecule has 2 atom stereocenters. The summed E-state index contributed by atoms with van der Waals surface area (Å²) in [5.41, 5.74) is 0.911. The number of rotatable bonds is 7. The molecule has 1 aromatic rings. The van der Waals surface area contributed by atoms with Gasteiger partial charge in [-0.1, -0.05) is 0 Å². The molecule has 0 saturated carbocycles. The number of carbonyl (C=O) groups is 1. The minimum Gasteiger partial charge on any atom is -0.308 e. The molecular formula is C12H21N3O2S2. The SMILES string of the molecule is CCN(C(C)=O)c1nc(CNC(C)CS(C)=O)cs1. The van der Waals surface area contributed by atoms with Gasteiger partial charge in [0.25, 0.3) is 0 Å². The summed E-state index contributed by atoms with van der Waals surface area (Å²) < 4.78 is 11.1. The molecule has 0 fully saturated rings. The van der Waals surface area contributed by atoms with E-state index in [-0.39, 0.29) is 11.9 Å². The van der Waals surface area contributed by atoms with Crippen LogP contribution >= 0.6 is 11.3 Å². The Morgan fingerprint density at radius 1 is 1.63 bits per heavy atom. The Balaban J connectivity index is 2.55. The molecule has 19 heavy (non-hydrogen) atoms. The third kappa shape index (κ3) is 5.38. The van der Waals surface area contributed by atoms with Crippen molar-refractivity contribution in [2.45, 2.75) is 33.4 Å². The monoisotopic (exact) mass is 303 g/mol. The molecule has 2 unspecified atom stereocenters. The fourth-order valence-corrected chi connectivity index (χ4v) is 3.44. The van der Waals surface area contributed by atoms with Crippen molar-refractivity contribution in [3.8, 4) is 0 Å². The molecule has 5 nitrogen and oxygen atoms in total. The maximum Gasteiger partial charge on any atom is 0.225 e. The quantitative estimate of drug-likeness (QED) is 0.826. The average molecular weight is 303 g/mol. The highest BCUT2D eigenvalue weighted by Gasteiger charge is 2.13. The third-order valence-electron chi connectivity index (χ3n) is 2.58. The van der Waals surface area contributed by atoms with E-state index in [1.807, 2.05) is 19.2 Å². The van der Waals surface area contributed by atoms with Crippen molar-refractivity contribution in [3.63, 3.8) is 0 Å². The Hall–Kier alpha value is -0.790. The minimum atomic E-state index is -0.796. The number of nitrogens with zero attached hydrogens (tertiary/aromatic N) is 2. The van der Waals surface area contributed by atoms with Crippen molar-refractivity contribution in [2.75, 3.05) is 23.5 Å². The first-order valence-corrected chi connectivity index (χ1v) is 8.80. The lowest BCUT2D eigenvalue weighted by atomic mass is 10.3. The van der Waals surface area contributed by atoms with Crippen LogP contribution in [0.4, 0.5) is 5.13 Å². The van der Waals surface area contributed by atoms with Gasteiger partial charge in [0.05, 0.1) is 5.69 Å². The Bertz CT molecular complexity index is 448. The van der Waals surface area contributed by atoms with Crippen LogP contribution in [0.15, 0.2) is 5.38 Å². The van der Waals surface area contributed by atoms with Crippen LogP contribution in [0.1, 0.15) is 26.5 Å². The average Bonchev–Trinajstić information content (AvgIpc) is 2.74. The van der Waals surface area contributed by atoms with Crippen LogP contribution in [0.5, 0.6) is 0 Å². The first-order valence-electron chi connectivity index (χ1n) is 6.20. The molecule has 1 amide bonds. The number of aromatic nitrogens is 1. The molecule has 1 rings (SSSR count). The minimum absolute atomic E-state index is 0.00565. The Morgan fingerprint density at radius 3 is 2.84 bits per heavy atom. The number of carbonyl (C=O) groups excluding carboxylic acids is 1. The van der Waals surface area contributed by atoms with E-state index in [2.05, 4.69) is 10.3 Å². The molecule has 7 heteroatoms. The topological polar surface area (TPSA) is 62.3 Å². The first kappa shape index (κ1) is 16.3. The van der Waals surface area contributed by atoms with Gasteiger partial charge < -0.3 is 5.32 Å². The summed E-state index contributed by atoms with van der Waals surface area (Å²) in [5, 5.41) is 5.96. The summed E-state index contributed by atoms with van der Waals surface area (Å²) in [6.07, 6.45) is 1.70. The van der Waals surface area contributed by atoms with E-state index in [1.54, 1.807) is 18.1 Å². The fourth-order valence-electron chi connectivity index (χ4n) is 1.68. The van der Waals surface area contributed by atoms with Crippen LogP contribution in [0.25, 0.3) is 0 Å². The molecule has 1 N–H and O–H groups in total. The van der Waals surface area contributed by atoms with Crippen molar-refractivity contribution in [1.82, 2.24) is 10.3 Å². The Kier molecular flexibility index (Phi) is 6.60. The standard InChI is InChI=1S/C12H21N3O2S2/c1-5-15(10(3)16)12-14-11(7-18-12)6-13-9(2)8-19(4)17/h7,9,13H,5-6,8H2,1-4H3. The lowest BCUT2D eigenvalue weighted by molar-refractivity contribution is -0.116. The van der Waals surface area contributed by atoms with Crippen LogP contribution in [-0.4, -0.2) is 39.7 Å². The van der Waals surface area contributed by atoms with Gasteiger partial charge in [-0.05, 0) is 13.8 Å². The number of thiazole rings is 1. The van der Waals surface area contributed by atoms with Crippen molar-refractivity contribution < 1.29 is 9.00 Å². The Labute approximate surface area is 120 Å². The molecule has 0 bridgehead atoms. The molecule has 1 heterocycles. The zero-order chi connectivity index (χ0) is 14.4. The van der Waals surface area contributed by atoms with Crippen molar-refractivity contribution in [2.24, 2.45) is 0 Å². The molecule has 0 radical (unpaired) electrons. The normalized spacial score (nSPS) is 14.1. The molecule has 0 aromatic carbocycles. The zero-order valence-corrected chi connectivity index (χ0v) is 13.4. The summed E-state index contributed by atoms with van der Waals surface area (Å²) in [7, 11) is -0.796. The van der Waals surface area contributed by atoms with E-state index in [1.165, 1.54) is 11.3 Å². The number of anilines is 1. The summed E-state index contributed by atoms with van der Waals surface area (Å²) >= 11 is 1.47. The van der Waals surface area contributed by atoms with E-state index < -0.39 is 10.8 Å². The van der Waals surface area contributed by atoms with Crippen molar-refractivity contribution in [3.05, 3.63) is 11.1 Å². The van der Waals surface area contributed by atoms with Crippen LogP contribution in [0.3, 0.4) is 0 Å². The van der Waals surface area contributed by atoms with Gasteiger partial charge in [0, 0.05) is 54.2 Å². The molecule has 0 aliphatic carbocycles. The van der Waals surface area contributed by atoms with Gasteiger partial charge in [0.15, 0.2) is 5.13 Å². The lowest BCUT2D eigenvalue weighted by Crippen LogP contribution is -2.31. The molecule has 1 aromatic heterocycles. The highest BCUT2D eigenvalue weighted by Crippen LogP contribution is 2.20. The number of hydrogen-bond acceptors (Lipinski definition) is 5. The molecule has 108 valence electrons. The zero-order valence-electron chi connectivity index (χ0n) is 11.8. The second kappa shape index (κ2) is 7.72. The predicted molar refractivity (Wildman–Crippen MR) is 81.1 cm³/mol. The van der Waals surface area contributed by atoms with Crippen LogP contribution < -0.4 is 10.2 Å². The van der Waals surface area contributed by atoms with Gasteiger partial charge in [-0.25, -0.2) is 4.98 Å². The lowest BCUT2D eigenvalue weighted by Gasteiger charge is -2.14. The van der Waals surface area contributed by atoms with Gasteiger partial charge in [-0.2, -0.15) is 0 Å². The van der Waals surface area contributed by atoms with Gasteiger partial charge in [-0.15, -0.1) is 11.3 Å². The van der Waals surface area contributed by atoms with E-state index in [0.717, 1.165) is 10.8 Å². The second-order valence-corrected chi connectivity index (χ2v) is 6.72. The summed E-state index contributed by atoms with van der Waals surface area (Å²) in [4.78, 5) is 17.5. The predicted octanol–water partition coefficient (Wildman–Crippen LogP) is 1.37. The molecule has 0 spiro atoms. The molecular weight excluding hydrogens is 282 g/mol. The van der Waals surface area contributed by atoms with E-state index in [0.29, 0.717) is 18.8 Å². The molecule has 0 aliphatic heterocycles. The van der Waals surface area contributed by atoms with Crippen LogP contribution in [0, 0.1) is 0 Å². The number of nitrogens with one attached hydrogen (secondary N) is 1. The van der Waals surface area contributed by atoms with E-state index in [4.69, 9.17) is 0 Å². The fraction of sp³-hybridized carbons (Fsp3) is 0.667. The maximum absolute atomic E-state index is 11.4. The molecule has 0 aliphatic rings. The van der Waals surface area contributed by atoms with E-state index >= 15 is 0 Å². The van der Waals surface area contributed by atoms with Gasteiger partial charge in [0.2, 0.25) is 5.91 Å². The summed E-state index contributed by atoms with van der Waals surface area (Å²) in [6, 6.07) is 0.186. The smallest absolute Gasteiger partial charge is 0.225 e. The highest BCUT2D eigenvalue weighted by molar-refractivity contribution is 7.84. The molecule has 0 saturated heterocycles. The van der Waals surface area contributed by atoms with Gasteiger partial charge in [0.1, 0.15) is 0 Å². The van der Waals surface area contributed by atoms with Gasteiger partial charge >= 0.3 is 0 Å². The third-order valence-corrected chi connectivity index (χ3v) is 4.47. The maximum atomic E-state index is 11.4. The summed E-state index contributed by atoms with van der Waals surface area (Å²) in [6.45, 7) is 6.73.